The van der Waals surface area contributed by atoms with Gasteiger partial charge in [0, 0.05) is 23.9 Å². The standard InChI is InChI=1S/C7H7N7S/c8-3-6-10-1-2-14(6)4-5-7(11-9)15-13-12-5/h1-2,11H,4,9H2. The highest BCUT2D eigenvalue weighted by Gasteiger charge is 2.09. The third-order valence-electron chi connectivity index (χ3n) is 1.82. The zero-order valence-corrected chi connectivity index (χ0v) is 8.40. The molecule has 0 spiro atoms. The molecule has 0 bridgehead atoms. The number of aromatic nitrogens is 4. The van der Waals surface area contributed by atoms with Crippen LogP contribution in [0.25, 0.3) is 0 Å². The molecule has 0 unspecified atom stereocenters. The lowest BCUT2D eigenvalue weighted by atomic mass is 10.4. The minimum Gasteiger partial charge on any atom is -0.316 e. The topological polar surface area (TPSA) is 105 Å². The van der Waals surface area contributed by atoms with Gasteiger partial charge in [-0.2, -0.15) is 5.26 Å². The number of hydrazine groups is 1. The summed E-state index contributed by atoms with van der Waals surface area (Å²) in [5, 5.41) is 13.3. The van der Waals surface area contributed by atoms with Gasteiger partial charge in [-0.25, -0.2) is 10.8 Å². The Balaban J connectivity index is 2.26. The van der Waals surface area contributed by atoms with E-state index in [4.69, 9.17) is 11.1 Å². The molecule has 76 valence electrons. The Bertz CT molecular complexity index is 493. The largest absolute Gasteiger partial charge is 0.316 e. The molecule has 0 radical (unpaired) electrons. The van der Waals surface area contributed by atoms with E-state index < -0.39 is 0 Å². The van der Waals surface area contributed by atoms with Gasteiger partial charge in [-0.1, -0.05) is 4.49 Å². The van der Waals surface area contributed by atoms with Crippen LogP contribution in [0.4, 0.5) is 5.00 Å². The Morgan fingerprint density at radius 2 is 2.53 bits per heavy atom. The number of hydrogen-bond acceptors (Lipinski definition) is 7. The van der Waals surface area contributed by atoms with E-state index in [2.05, 4.69) is 20.0 Å². The summed E-state index contributed by atoms with van der Waals surface area (Å²) in [7, 11) is 0. The fourth-order valence-electron chi connectivity index (χ4n) is 1.13. The maximum atomic E-state index is 8.76. The van der Waals surface area contributed by atoms with E-state index in [0.29, 0.717) is 23.1 Å². The van der Waals surface area contributed by atoms with Crippen LogP contribution in [0.3, 0.4) is 0 Å². The molecule has 8 heteroatoms. The Morgan fingerprint density at radius 1 is 1.67 bits per heavy atom. The molecule has 0 fully saturated rings. The lowest BCUT2D eigenvalue weighted by Crippen LogP contribution is -2.10. The highest BCUT2D eigenvalue weighted by molar-refractivity contribution is 7.10. The first-order valence-electron chi connectivity index (χ1n) is 4.04. The minimum atomic E-state index is 0.339. The molecule has 15 heavy (non-hydrogen) atoms. The highest BCUT2D eigenvalue weighted by Crippen LogP contribution is 2.17. The summed E-state index contributed by atoms with van der Waals surface area (Å²) in [5.41, 5.74) is 3.19. The molecule has 0 aromatic carbocycles. The number of nitrogens with zero attached hydrogens (tertiary/aromatic N) is 5. The van der Waals surface area contributed by atoms with Gasteiger partial charge >= 0.3 is 0 Å². The number of hydrogen-bond donors (Lipinski definition) is 2. The first-order chi connectivity index (χ1) is 7.35. The van der Waals surface area contributed by atoms with Crippen molar-refractivity contribution in [1.29, 1.82) is 5.26 Å². The summed E-state index contributed by atoms with van der Waals surface area (Å²) in [6.07, 6.45) is 3.27. The molecule has 0 saturated heterocycles. The van der Waals surface area contributed by atoms with Gasteiger partial charge in [-0.05, 0) is 0 Å². The zero-order valence-electron chi connectivity index (χ0n) is 7.58. The predicted molar refractivity (Wildman–Crippen MR) is 53.8 cm³/mol. The molecule has 0 aliphatic rings. The summed E-state index contributed by atoms with van der Waals surface area (Å²) in [6, 6.07) is 1.98. The number of nitrogens with one attached hydrogen (secondary N) is 1. The molecule has 3 N–H and O–H groups in total. The van der Waals surface area contributed by atoms with Crippen molar-refractivity contribution in [2.24, 2.45) is 5.84 Å². The van der Waals surface area contributed by atoms with Crippen LogP contribution in [0.15, 0.2) is 12.4 Å². The third-order valence-corrected chi connectivity index (χ3v) is 2.52. The van der Waals surface area contributed by atoms with E-state index in [1.54, 1.807) is 17.0 Å². The molecule has 0 aliphatic carbocycles. The van der Waals surface area contributed by atoms with Crippen LogP contribution >= 0.6 is 11.5 Å². The summed E-state index contributed by atoms with van der Waals surface area (Å²) in [5.74, 6) is 5.62. The van der Waals surface area contributed by atoms with Crippen LogP contribution < -0.4 is 11.3 Å². The molecule has 0 saturated carbocycles. The van der Waals surface area contributed by atoms with Crippen LogP contribution in [0.1, 0.15) is 11.5 Å². The van der Waals surface area contributed by atoms with Crippen molar-refractivity contribution in [1.82, 2.24) is 19.1 Å². The molecule has 0 amide bonds. The monoisotopic (exact) mass is 221 g/mol. The molecule has 2 rings (SSSR count). The Labute approximate surface area is 89.3 Å². The Kier molecular flexibility index (Phi) is 2.57. The first kappa shape index (κ1) is 9.57. The van der Waals surface area contributed by atoms with Gasteiger partial charge in [0.25, 0.3) is 0 Å². The number of nitrogen functional groups attached to an aromatic ring is 1. The lowest BCUT2D eigenvalue weighted by Gasteiger charge is -2.01. The van der Waals surface area contributed by atoms with E-state index in [0.717, 1.165) is 0 Å². The van der Waals surface area contributed by atoms with Gasteiger partial charge < -0.3 is 9.99 Å². The molecule has 0 atom stereocenters. The highest BCUT2D eigenvalue weighted by atomic mass is 32.1. The van der Waals surface area contributed by atoms with Crippen molar-refractivity contribution in [3.63, 3.8) is 0 Å². The molecule has 2 aromatic rings. The lowest BCUT2D eigenvalue weighted by molar-refractivity contribution is 0.756. The van der Waals surface area contributed by atoms with Gasteiger partial charge in [0.1, 0.15) is 16.8 Å². The minimum absolute atomic E-state index is 0.339. The zero-order chi connectivity index (χ0) is 10.7. The van der Waals surface area contributed by atoms with Crippen molar-refractivity contribution < 1.29 is 0 Å². The molecule has 2 heterocycles. The molecular weight excluding hydrogens is 214 g/mol. The number of rotatable bonds is 3. The molecule has 2 aromatic heterocycles. The van der Waals surface area contributed by atoms with E-state index in [-0.39, 0.29) is 0 Å². The summed E-state index contributed by atoms with van der Waals surface area (Å²) < 4.78 is 5.44. The Hall–Kier alpha value is -1.98. The van der Waals surface area contributed by atoms with E-state index >= 15 is 0 Å². The second-order valence-corrected chi connectivity index (χ2v) is 3.44. The Morgan fingerprint density at radius 3 is 3.27 bits per heavy atom. The van der Waals surface area contributed by atoms with E-state index in [1.807, 2.05) is 6.07 Å². The fraction of sp³-hybridized carbons (Fsp3) is 0.143. The SMILES string of the molecule is N#Cc1nccn1Cc1nnsc1NN. The van der Waals surface area contributed by atoms with E-state index in [9.17, 15) is 0 Å². The predicted octanol–water partition coefficient (Wildman–Crippen LogP) is -0.0598. The second-order valence-electron chi connectivity index (χ2n) is 2.68. The van der Waals surface area contributed by atoms with Crippen LogP contribution in [-0.2, 0) is 6.54 Å². The van der Waals surface area contributed by atoms with Crippen molar-refractivity contribution in [3.8, 4) is 6.07 Å². The van der Waals surface area contributed by atoms with Crippen LogP contribution in [-0.4, -0.2) is 19.1 Å². The maximum absolute atomic E-state index is 8.76. The van der Waals surface area contributed by atoms with E-state index in [1.165, 1.54) is 11.5 Å². The van der Waals surface area contributed by atoms with Crippen LogP contribution in [0, 0.1) is 11.3 Å². The smallest absolute Gasteiger partial charge is 0.213 e. The summed E-state index contributed by atoms with van der Waals surface area (Å²) in [6.45, 7) is 0.429. The molecular formula is C7H7N7S. The molecule has 0 aliphatic heterocycles. The summed E-state index contributed by atoms with van der Waals surface area (Å²) >= 11 is 1.17. The van der Waals surface area contributed by atoms with Gasteiger partial charge in [-0.15, -0.1) is 5.10 Å². The first-order valence-corrected chi connectivity index (χ1v) is 4.81. The van der Waals surface area contributed by atoms with Crippen molar-refractivity contribution in [3.05, 3.63) is 23.9 Å². The van der Waals surface area contributed by atoms with Gasteiger partial charge in [0.2, 0.25) is 5.82 Å². The molecule has 7 nitrogen and oxygen atoms in total. The third kappa shape index (κ3) is 1.78. The number of nitriles is 1. The van der Waals surface area contributed by atoms with Gasteiger partial charge in [-0.3, -0.25) is 0 Å². The number of anilines is 1. The quantitative estimate of drug-likeness (QED) is 0.555. The summed E-state index contributed by atoms with van der Waals surface area (Å²) in [4.78, 5) is 3.88. The fourth-order valence-corrected chi connectivity index (χ4v) is 1.62. The van der Waals surface area contributed by atoms with Crippen molar-refractivity contribution in [2.45, 2.75) is 6.54 Å². The van der Waals surface area contributed by atoms with Crippen LogP contribution in [0.2, 0.25) is 0 Å². The maximum Gasteiger partial charge on any atom is 0.213 e. The average molecular weight is 221 g/mol. The normalized spacial score (nSPS) is 9.87. The van der Waals surface area contributed by atoms with Gasteiger partial charge in [0.05, 0.1) is 6.54 Å². The number of imidazole rings is 1. The number of nitrogens with two attached hydrogens (primary N) is 1. The van der Waals surface area contributed by atoms with Crippen LogP contribution in [0.5, 0.6) is 0 Å². The van der Waals surface area contributed by atoms with Crippen molar-refractivity contribution in [2.75, 3.05) is 5.43 Å². The second kappa shape index (κ2) is 4.04. The van der Waals surface area contributed by atoms with Gasteiger partial charge in [0.15, 0.2) is 0 Å². The van der Waals surface area contributed by atoms with Crippen molar-refractivity contribution >= 4 is 16.5 Å². The average Bonchev–Trinajstić information content (AvgIpc) is 2.87.